The van der Waals surface area contributed by atoms with Crippen molar-refractivity contribution < 1.29 is 4.74 Å². The van der Waals surface area contributed by atoms with E-state index >= 15 is 0 Å². The van der Waals surface area contributed by atoms with E-state index < -0.39 is 0 Å². The molecular weight excluding hydrogens is 362 g/mol. The third-order valence-electron chi connectivity index (χ3n) is 4.63. The number of anilines is 1. The average molecular weight is 382 g/mol. The highest BCUT2D eigenvalue weighted by Crippen LogP contribution is 2.19. The SMILES string of the molecule is O=c1c(Cc2ccccc2)cnc(N2CCOCC2)n1-c1ccc(Cl)cc1. The summed E-state index contributed by atoms with van der Waals surface area (Å²) in [6.07, 6.45) is 2.25. The van der Waals surface area contributed by atoms with Gasteiger partial charge in [-0.2, -0.15) is 0 Å². The molecule has 4 rings (SSSR count). The Hall–Kier alpha value is -2.63. The van der Waals surface area contributed by atoms with Gasteiger partial charge in [0, 0.05) is 36.3 Å². The fraction of sp³-hybridized carbons (Fsp3) is 0.238. The van der Waals surface area contributed by atoms with E-state index in [2.05, 4.69) is 9.88 Å². The van der Waals surface area contributed by atoms with E-state index in [1.54, 1.807) is 22.9 Å². The molecule has 0 radical (unpaired) electrons. The summed E-state index contributed by atoms with van der Waals surface area (Å²) in [6, 6.07) is 17.2. The molecule has 0 saturated carbocycles. The van der Waals surface area contributed by atoms with Crippen LogP contribution in [0.3, 0.4) is 0 Å². The Morgan fingerprint density at radius 2 is 1.70 bits per heavy atom. The maximum atomic E-state index is 13.4. The number of rotatable bonds is 4. The third kappa shape index (κ3) is 3.89. The lowest BCUT2D eigenvalue weighted by Gasteiger charge is -2.29. The molecule has 0 spiro atoms. The van der Waals surface area contributed by atoms with Gasteiger partial charge >= 0.3 is 0 Å². The predicted molar refractivity (Wildman–Crippen MR) is 107 cm³/mol. The van der Waals surface area contributed by atoms with Gasteiger partial charge in [0.15, 0.2) is 0 Å². The topological polar surface area (TPSA) is 47.4 Å². The summed E-state index contributed by atoms with van der Waals surface area (Å²) in [7, 11) is 0. The van der Waals surface area contributed by atoms with E-state index in [9.17, 15) is 4.79 Å². The van der Waals surface area contributed by atoms with Gasteiger partial charge in [-0.3, -0.25) is 4.79 Å². The first-order valence-electron chi connectivity index (χ1n) is 8.96. The predicted octanol–water partition coefficient (Wildman–Crippen LogP) is 3.31. The molecule has 1 saturated heterocycles. The first kappa shape index (κ1) is 17.8. The molecule has 1 aromatic heterocycles. The smallest absolute Gasteiger partial charge is 0.263 e. The lowest BCUT2D eigenvalue weighted by molar-refractivity contribution is 0.121. The molecule has 0 N–H and O–H groups in total. The van der Waals surface area contributed by atoms with Crippen molar-refractivity contribution >= 4 is 17.5 Å². The summed E-state index contributed by atoms with van der Waals surface area (Å²) in [5, 5.41) is 0.633. The molecule has 2 aromatic carbocycles. The maximum Gasteiger partial charge on any atom is 0.263 e. The fourth-order valence-electron chi connectivity index (χ4n) is 3.23. The monoisotopic (exact) mass is 381 g/mol. The minimum atomic E-state index is -0.0577. The lowest BCUT2D eigenvalue weighted by Crippen LogP contribution is -2.40. The van der Waals surface area contributed by atoms with Crippen LogP contribution < -0.4 is 10.5 Å². The quantitative estimate of drug-likeness (QED) is 0.695. The van der Waals surface area contributed by atoms with Gasteiger partial charge < -0.3 is 9.64 Å². The molecule has 0 atom stereocenters. The van der Waals surface area contributed by atoms with Crippen LogP contribution in [0, 0.1) is 0 Å². The highest BCUT2D eigenvalue weighted by molar-refractivity contribution is 6.30. The molecule has 1 fully saturated rings. The molecule has 27 heavy (non-hydrogen) atoms. The van der Waals surface area contributed by atoms with E-state index in [-0.39, 0.29) is 5.56 Å². The molecule has 5 nitrogen and oxygen atoms in total. The molecule has 2 heterocycles. The fourth-order valence-corrected chi connectivity index (χ4v) is 3.36. The number of aromatic nitrogens is 2. The lowest BCUT2D eigenvalue weighted by atomic mass is 10.1. The van der Waals surface area contributed by atoms with E-state index in [0.29, 0.717) is 49.3 Å². The Morgan fingerprint density at radius 1 is 1.00 bits per heavy atom. The van der Waals surface area contributed by atoms with Gasteiger partial charge in [-0.15, -0.1) is 0 Å². The number of benzene rings is 2. The molecule has 1 aliphatic rings. The van der Waals surface area contributed by atoms with Gasteiger partial charge in [-0.1, -0.05) is 41.9 Å². The van der Waals surface area contributed by atoms with E-state index in [1.165, 1.54) is 0 Å². The van der Waals surface area contributed by atoms with Crippen LogP contribution in [-0.4, -0.2) is 35.9 Å². The van der Waals surface area contributed by atoms with Crippen molar-refractivity contribution in [3.63, 3.8) is 0 Å². The van der Waals surface area contributed by atoms with Crippen LogP contribution in [0.25, 0.3) is 5.69 Å². The zero-order chi connectivity index (χ0) is 18.6. The first-order chi connectivity index (χ1) is 13.2. The Balaban J connectivity index is 1.81. The second-order valence-corrected chi connectivity index (χ2v) is 6.90. The molecule has 138 valence electrons. The van der Waals surface area contributed by atoms with Crippen LogP contribution in [0.15, 0.2) is 65.6 Å². The molecule has 0 unspecified atom stereocenters. The number of hydrogen-bond acceptors (Lipinski definition) is 4. The second-order valence-electron chi connectivity index (χ2n) is 6.46. The van der Waals surface area contributed by atoms with Crippen LogP contribution >= 0.6 is 11.6 Å². The number of hydrogen-bond donors (Lipinski definition) is 0. The van der Waals surface area contributed by atoms with E-state index in [4.69, 9.17) is 16.3 Å². The maximum absolute atomic E-state index is 13.4. The normalized spacial score (nSPS) is 14.3. The van der Waals surface area contributed by atoms with Crippen molar-refractivity contribution in [2.45, 2.75) is 6.42 Å². The van der Waals surface area contributed by atoms with Crippen molar-refractivity contribution in [3.8, 4) is 5.69 Å². The summed E-state index contributed by atoms with van der Waals surface area (Å²) in [5.74, 6) is 0.641. The van der Waals surface area contributed by atoms with E-state index in [1.807, 2.05) is 42.5 Å². The van der Waals surface area contributed by atoms with Crippen LogP contribution in [-0.2, 0) is 11.2 Å². The van der Waals surface area contributed by atoms with Crippen molar-refractivity contribution in [1.82, 2.24) is 9.55 Å². The summed E-state index contributed by atoms with van der Waals surface area (Å²) in [4.78, 5) is 20.1. The van der Waals surface area contributed by atoms with Gasteiger partial charge in [-0.25, -0.2) is 9.55 Å². The zero-order valence-corrected chi connectivity index (χ0v) is 15.6. The summed E-state index contributed by atoms with van der Waals surface area (Å²) < 4.78 is 7.12. The molecule has 0 aliphatic carbocycles. The molecule has 0 amide bonds. The van der Waals surface area contributed by atoms with Crippen molar-refractivity contribution in [2.24, 2.45) is 0 Å². The second kappa shape index (κ2) is 7.94. The summed E-state index contributed by atoms with van der Waals surface area (Å²) >= 11 is 6.04. The minimum Gasteiger partial charge on any atom is -0.378 e. The standard InChI is InChI=1S/C21H20ClN3O2/c22-18-6-8-19(9-7-18)25-20(26)17(14-16-4-2-1-3-5-16)15-23-21(25)24-10-12-27-13-11-24/h1-9,15H,10-14H2. The van der Waals surface area contributed by atoms with Crippen LogP contribution in [0.4, 0.5) is 5.95 Å². The highest BCUT2D eigenvalue weighted by Gasteiger charge is 2.20. The van der Waals surface area contributed by atoms with Crippen molar-refractivity contribution in [2.75, 3.05) is 31.2 Å². The van der Waals surface area contributed by atoms with Crippen molar-refractivity contribution in [1.29, 1.82) is 0 Å². The van der Waals surface area contributed by atoms with Crippen LogP contribution in [0.2, 0.25) is 5.02 Å². The first-order valence-corrected chi connectivity index (χ1v) is 9.33. The zero-order valence-electron chi connectivity index (χ0n) is 14.8. The number of morpholine rings is 1. The van der Waals surface area contributed by atoms with Gasteiger partial charge in [0.05, 0.1) is 18.9 Å². The van der Waals surface area contributed by atoms with E-state index in [0.717, 1.165) is 11.3 Å². The molecule has 0 bridgehead atoms. The molecular formula is C21H20ClN3O2. The molecule has 6 heteroatoms. The Labute approximate surface area is 162 Å². The van der Waals surface area contributed by atoms with Gasteiger partial charge in [-0.05, 0) is 29.8 Å². The Morgan fingerprint density at radius 3 is 2.41 bits per heavy atom. The molecule has 1 aliphatic heterocycles. The minimum absolute atomic E-state index is 0.0577. The number of halogens is 1. The summed E-state index contributed by atoms with van der Waals surface area (Å²) in [6.45, 7) is 2.67. The van der Waals surface area contributed by atoms with Gasteiger partial charge in [0.2, 0.25) is 5.95 Å². The van der Waals surface area contributed by atoms with Gasteiger partial charge in [0.1, 0.15) is 0 Å². The Bertz CT molecular complexity index is 965. The molecule has 3 aromatic rings. The highest BCUT2D eigenvalue weighted by atomic mass is 35.5. The van der Waals surface area contributed by atoms with Crippen LogP contribution in [0.5, 0.6) is 0 Å². The Kier molecular flexibility index (Phi) is 5.23. The largest absolute Gasteiger partial charge is 0.378 e. The third-order valence-corrected chi connectivity index (χ3v) is 4.88. The number of nitrogens with zero attached hydrogens (tertiary/aromatic N) is 3. The average Bonchev–Trinajstić information content (AvgIpc) is 2.72. The summed E-state index contributed by atoms with van der Waals surface area (Å²) in [5.41, 5.74) is 2.44. The van der Waals surface area contributed by atoms with Gasteiger partial charge in [0.25, 0.3) is 5.56 Å². The van der Waals surface area contributed by atoms with Crippen LogP contribution in [0.1, 0.15) is 11.1 Å². The number of ether oxygens (including phenoxy) is 1. The van der Waals surface area contributed by atoms with Crippen molar-refractivity contribution in [3.05, 3.63) is 87.3 Å².